The van der Waals surface area contributed by atoms with Crippen molar-refractivity contribution in [2.75, 3.05) is 18.9 Å². The number of carbonyl (C=O) groups excluding carboxylic acids is 2. The number of nitrogens with one attached hydrogen (secondary N) is 1. The van der Waals surface area contributed by atoms with E-state index >= 15 is 0 Å². The zero-order chi connectivity index (χ0) is 21.8. The van der Waals surface area contributed by atoms with Crippen molar-refractivity contribution in [1.82, 2.24) is 9.88 Å². The van der Waals surface area contributed by atoms with Gasteiger partial charge >= 0.3 is 0 Å². The molecular weight excluding hydrogens is 388 g/mol. The quantitative estimate of drug-likeness (QED) is 0.681. The lowest BCUT2D eigenvalue weighted by molar-refractivity contribution is -0.116. The van der Waals surface area contributed by atoms with Gasteiger partial charge in [-0.05, 0) is 61.4 Å². The second-order valence-corrected chi connectivity index (χ2v) is 7.03. The van der Waals surface area contributed by atoms with Gasteiger partial charge in [0.15, 0.2) is 0 Å². The summed E-state index contributed by atoms with van der Waals surface area (Å²) < 4.78 is 28.0. The molecule has 5 nitrogen and oxygen atoms in total. The number of aryl methyl sites for hydroxylation is 2. The van der Waals surface area contributed by atoms with Crippen LogP contribution in [0.15, 0.2) is 54.6 Å². The van der Waals surface area contributed by atoms with E-state index in [1.54, 1.807) is 32.0 Å². The third kappa shape index (κ3) is 4.86. The van der Waals surface area contributed by atoms with Gasteiger partial charge in [0, 0.05) is 23.9 Å². The van der Waals surface area contributed by atoms with E-state index in [1.807, 2.05) is 0 Å². The van der Waals surface area contributed by atoms with E-state index in [2.05, 4.69) is 10.3 Å². The van der Waals surface area contributed by atoms with Gasteiger partial charge in [-0.15, -0.1) is 0 Å². The number of likely N-dealkylation sites (N-methyl/N-ethyl adjacent to an activating group) is 1. The van der Waals surface area contributed by atoms with Crippen LogP contribution in [0.1, 0.15) is 21.6 Å². The standard InChI is InChI=1S/C23H21F2N3O2/c1-14-11-17(24)8-10-18(14)19-9-7-16(12-20(19)25)23(30)28(3)13-22(29)27-21-6-4-5-15(2)26-21/h4-12H,13H2,1-3H3,(H,26,27,29). The monoisotopic (exact) mass is 409 g/mol. The second kappa shape index (κ2) is 8.82. The molecular formula is C23H21F2N3O2. The number of carbonyl (C=O) groups is 2. The van der Waals surface area contributed by atoms with Gasteiger partial charge < -0.3 is 10.2 Å². The predicted octanol–water partition coefficient (Wildman–Crippen LogP) is 4.35. The summed E-state index contributed by atoms with van der Waals surface area (Å²) in [5, 5.41) is 2.62. The van der Waals surface area contributed by atoms with E-state index in [0.717, 1.165) is 11.8 Å². The van der Waals surface area contributed by atoms with Crippen LogP contribution in [-0.2, 0) is 4.79 Å². The first-order valence-corrected chi connectivity index (χ1v) is 9.29. The minimum absolute atomic E-state index is 0.111. The molecule has 30 heavy (non-hydrogen) atoms. The SMILES string of the molecule is Cc1cccc(NC(=O)CN(C)C(=O)c2ccc(-c3ccc(F)cc3C)c(F)c2)n1. The lowest BCUT2D eigenvalue weighted by Crippen LogP contribution is -2.35. The van der Waals surface area contributed by atoms with Crippen LogP contribution in [0.2, 0.25) is 0 Å². The van der Waals surface area contributed by atoms with Crippen molar-refractivity contribution in [3.05, 3.63) is 83.1 Å². The lowest BCUT2D eigenvalue weighted by Gasteiger charge is -2.17. The van der Waals surface area contributed by atoms with Gasteiger partial charge in [-0.3, -0.25) is 9.59 Å². The minimum atomic E-state index is -0.600. The molecule has 1 aromatic heterocycles. The normalized spacial score (nSPS) is 10.6. The Bertz CT molecular complexity index is 1120. The fraction of sp³-hybridized carbons (Fsp3) is 0.174. The van der Waals surface area contributed by atoms with Crippen LogP contribution < -0.4 is 5.32 Å². The Morgan fingerprint density at radius 3 is 2.40 bits per heavy atom. The molecule has 0 aliphatic heterocycles. The van der Waals surface area contributed by atoms with Crippen LogP contribution >= 0.6 is 0 Å². The number of nitrogens with zero attached hydrogens (tertiary/aromatic N) is 2. The summed E-state index contributed by atoms with van der Waals surface area (Å²) in [6.07, 6.45) is 0. The molecule has 154 valence electrons. The summed E-state index contributed by atoms with van der Waals surface area (Å²) in [7, 11) is 1.46. The van der Waals surface area contributed by atoms with E-state index in [4.69, 9.17) is 0 Å². The largest absolute Gasteiger partial charge is 0.332 e. The molecule has 7 heteroatoms. The van der Waals surface area contributed by atoms with Crippen LogP contribution in [0.25, 0.3) is 11.1 Å². The van der Waals surface area contributed by atoms with Gasteiger partial charge in [0.25, 0.3) is 5.91 Å². The van der Waals surface area contributed by atoms with Crippen molar-refractivity contribution in [3.8, 4) is 11.1 Å². The highest BCUT2D eigenvalue weighted by molar-refractivity contribution is 5.99. The van der Waals surface area contributed by atoms with E-state index in [0.29, 0.717) is 16.9 Å². The van der Waals surface area contributed by atoms with Crippen LogP contribution in [-0.4, -0.2) is 35.3 Å². The van der Waals surface area contributed by atoms with Crippen molar-refractivity contribution in [2.45, 2.75) is 13.8 Å². The Hall–Kier alpha value is -3.61. The van der Waals surface area contributed by atoms with Crippen molar-refractivity contribution in [2.24, 2.45) is 0 Å². The molecule has 0 bridgehead atoms. The minimum Gasteiger partial charge on any atom is -0.332 e. The molecule has 2 amide bonds. The molecule has 0 spiro atoms. The highest BCUT2D eigenvalue weighted by Gasteiger charge is 2.18. The molecule has 0 fully saturated rings. The maximum Gasteiger partial charge on any atom is 0.254 e. The molecule has 1 N–H and O–H groups in total. The molecule has 0 unspecified atom stereocenters. The summed E-state index contributed by atoms with van der Waals surface area (Å²) in [6.45, 7) is 3.28. The van der Waals surface area contributed by atoms with Crippen molar-refractivity contribution in [1.29, 1.82) is 0 Å². The summed E-state index contributed by atoms with van der Waals surface area (Å²) in [5.41, 5.74) is 2.27. The molecule has 0 saturated heterocycles. The molecule has 0 aliphatic carbocycles. The highest BCUT2D eigenvalue weighted by atomic mass is 19.1. The molecule has 0 radical (unpaired) electrons. The van der Waals surface area contributed by atoms with Gasteiger partial charge in [-0.1, -0.05) is 18.2 Å². The first-order chi connectivity index (χ1) is 14.2. The fourth-order valence-electron chi connectivity index (χ4n) is 3.10. The zero-order valence-electron chi connectivity index (χ0n) is 16.9. The van der Waals surface area contributed by atoms with Gasteiger partial charge in [0.2, 0.25) is 5.91 Å². The van der Waals surface area contributed by atoms with Crippen molar-refractivity contribution in [3.63, 3.8) is 0 Å². The van der Waals surface area contributed by atoms with E-state index in [9.17, 15) is 18.4 Å². The van der Waals surface area contributed by atoms with Crippen LogP contribution in [0.4, 0.5) is 14.6 Å². The predicted molar refractivity (Wildman–Crippen MR) is 111 cm³/mol. The van der Waals surface area contributed by atoms with Crippen LogP contribution in [0.5, 0.6) is 0 Å². The first kappa shape index (κ1) is 21.1. The Morgan fingerprint density at radius 1 is 1.00 bits per heavy atom. The lowest BCUT2D eigenvalue weighted by atomic mass is 9.98. The number of halogens is 2. The molecule has 3 rings (SSSR count). The molecule has 2 aromatic carbocycles. The fourth-order valence-corrected chi connectivity index (χ4v) is 3.10. The number of aromatic nitrogens is 1. The molecule has 0 saturated carbocycles. The Kier molecular flexibility index (Phi) is 6.20. The summed E-state index contributed by atoms with van der Waals surface area (Å²) >= 11 is 0. The number of hydrogen-bond donors (Lipinski definition) is 1. The van der Waals surface area contributed by atoms with Gasteiger partial charge in [0.1, 0.15) is 17.5 Å². The van der Waals surface area contributed by atoms with Crippen LogP contribution in [0.3, 0.4) is 0 Å². The summed E-state index contributed by atoms with van der Waals surface area (Å²) in [5.74, 6) is -1.51. The molecule has 0 aliphatic rings. The topological polar surface area (TPSA) is 62.3 Å². The third-order valence-corrected chi connectivity index (χ3v) is 4.58. The van der Waals surface area contributed by atoms with E-state index < -0.39 is 23.4 Å². The number of anilines is 1. The average Bonchev–Trinajstić information content (AvgIpc) is 2.67. The smallest absolute Gasteiger partial charge is 0.254 e. The van der Waals surface area contributed by atoms with Gasteiger partial charge in [-0.25, -0.2) is 13.8 Å². The van der Waals surface area contributed by atoms with E-state index in [-0.39, 0.29) is 17.7 Å². The maximum absolute atomic E-state index is 14.7. The molecule has 3 aromatic rings. The number of amides is 2. The zero-order valence-corrected chi connectivity index (χ0v) is 16.9. The average molecular weight is 409 g/mol. The Balaban J connectivity index is 1.71. The number of pyridine rings is 1. The first-order valence-electron chi connectivity index (χ1n) is 9.29. The van der Waals surface area contributed by atoms with Crippen LogP contribution in [0, 0.1) is 25.5 Å². The summed E-state index contributed by atoms with van der Waals surface area (Å²) in [6, 6.07) is 13.4. The molecule has 1 heterocycles. The van der Waals surface area contributed by atoms with E-state index in [1.165, 1.54) is 42.3 Å². The Morgan fingerprint density at radius 2 is 1.73 bits per heavy atom. The number of rotatable bonds is 5. The van der Waals surface area contributed by atoms with Gasteiger partial charge in [-0.2, -0.15) is 0 Å². The third-order valence-electron chi connectivity index (χ3n) is 4.58. The maximum atomic E-state index is 14.7. The van der Waals surface area contributed by atoms with Crippen molar-refractivity contribution >= 4 is 17.6 Å². The second-order valence-electron chi connectivity index (χ2n) is 7.03. The van der Waals surface area contributed by atoms with Crippen molar-refractivity contribution < 1.29 is 18.4 Å². The molecule has 0 atom stereocenters. The summed E-state index contributed by atoms with van der Waals surface area (Å²) in [4.78, 5) is 30.2. The number of benzene rings is 2. The number of hydrogen-bond acceptors (Lipinski definition) is 3. The highest BCUT2D eigenvalue weighted by Crippen LogP contribution is 2.27. The Labute approximate surface area is 173 Å². The van der Waals surface area contributed by atoms with Gasteiger partial charge in [0.05, 0.1) is 6.54 Å².